The van der Waals surface area contributed by atoms with Gasteiger partial charge in [-0.1, -0.05) is 30.7 Å². The Labute approximate surface area is 127 Å². The molecule has 1 atom stereocenters. The van der Waals surface area contributed by atoms with Crippen LogP contribution in [-0.2, 0) is 0 Å². The number of hydrogen-bond donors (Lipinski definition) is 1. The van der Waals surface area contributed by atoms with Crippen LogP contribution in [-0.4, -0.2) is 17.3 Å². The highest BCUT2D eigenvalue weighted by Crippen LogP contribution is 2.30. The normalized spacial score (nSPS) is 12.3. The largest absolute Gasteiger partial charge is 0.309 e. The van der Waals surface area contributed by atoms with Crippen LogP contribution in [0.3, 0.4) is 0 Å². The quantitative estimate of drug-likeness (QED) is 0.804. The number of benzene rings is 1. The van der Waals surface area contributed by atoms with Crippen LogP contribution in [0, 0.1) is 5.82 Å². The molecule has 0 aliphatic heterocycles. The van der Waals surface area contributed by atoms with E-state index in [2.05, 4.69) is 10.3 Å². The zero-order valence-corrected chi connectivity index (χ0v) is 12.7. The van der Waals surface area contributed by atoms with Gasteiger partial charge in [0.05, 0.1) is 11.2 Å². The molecule has 2 nitrogen and oxygen atoms in total. The fourth-order valence-corrected chi connectivity index (χ4v) is 3.21. The van der Waals surface area contributed by atoms with Gasteiger partial charge >= 0.3 is 0 Å². The molecule has 2 rings (SSSR count). The topological polar surface area (TPSA) is 24.9 Å². The van der Waals surface area contributed by atoms with Crippen molar-refractivity contribution in [2.24, 2.45) is 0 Å². The van der Waals surface area contributed by atoms with Crippen LogP contribution in [0.4, 0.5) is 4.39 Å². The molecule has 2 aromatic rings. The first kappa shape index (κ1) is 15.3. The first-order chi connectivity index (χ1) is 9.70. The second kappa shape index (κ2) is 7.62. The Kier molecular flexibility index (Phi) is 5.83. The first-order valence-electron chi connectivity index (χ1n) is 6.42. The number of rotatable bonds is 6. The van der Waals surface area contributed by atoms with Crippen molar-refractivity contribution in [1.29, 1.82) is 0 Å². The molecule has 1 aromatic heterocycles. The van der Waals surface area contributed by atoms with Crippen LogP contribution in [0.1, 0.15) is 18.5 Å². The summed E-state index contributed by atoms with van der Waals surface area (Å²) >= 11 is 7.79. The summed E-state index contributed by atoms with van der Waals surface area (Å²) < 4.78 is 13.3. The number of aromatic nitrogens is 1. The van der Waals surface area contributed by atoms with Gasteiger partial charge in [0.1, 0.15) is 5.82 Å². The van der Waals surface area contributed by atoms with Gasteiger partial charge in [-0.2, -0.15) is 0 Å². The predicted molar refractivity (Wildman–Crippen MR) is 82.8 cm³/mol. The Bertz CT molecular complexity index is 565. The summed E-state index contributed by atoms with van der Waals surface area (Å²) in [5.41, 5.74) is 0.853. The van der Waals surface area contributed by atoms with E-state index in [1.807, 2.05) is 31.2 Å². The van der Waals surface area contributed by atoms with Gasteiger partial charge in [0.25, 0.3) is 0 Å². The van der Waals surface area contributed by atoms with Gasteiger partial charge in [0.15, 0.2) is 0 Å². The number of thioether (sulfide) groups is 1. The third-order valence-corrected chi connectivity index (χ3v) is 4.43. The van der Waals surface area contributed by atoms with Crippen molar-refractivity contribution in [3.63, 3.8) is 0 Å². The molecule has 0 bridgehead atoms. The number of hydrogen-bond acceptors (Lipinski definition) is 3. The van der Waals surface area contributed by atoms with Crippen LogP contribution < -0.4 is 5.32 Å². The molecular formula is C15H16ClFN2S. The molecule has 5 heteroatoms. The third-order valence-electron chi connectivity index (χ3n) is 2.82. The highest BCUT2D eigenvalue weighted by atomic mass is 35.5. The van der Waals surface area contributed by atoms with Crippen molar-refractivity contribution in [3.8, 4) is 0 Å². The summed E-state index contributed by atoms with van der Waals surface area (Å²) in [7, 11) is 0. The zero-order valence-electron chi connectivity index (χ0n) is 11.1. The lowest BCUT2D eigenvalue weighted by Crippen LogP contribution is -2.23. The maximum atomic E-state index is 13.3. The Hall–Kier alpha value is -1.10. The van der Waals surface area contributed by atoms with Crippen molar-refractivity contribution in [2.45, 2.75) is 17.9 Å². The van der Waals surface area contributed by atoms with Crippen LogP contribution in [0.5, 0.6) is 0 Å². The molecule has 0 saturated carbocycles. The van der Waals surface area contributed by atoms with E-state index in [4.69, 9.17) is 11.6 Å². The standard InChI is InChI=1S/C15H16ClFN2S/c1-2-19-14(11-7-12(17)9-18-8-11)10-20-15-6-4-3-5-13(15)16/h3-9,14,19H,2,10H2,1H3. The minimum Gasteiger partial charge on any atom is -0.309 e. The Morgan fingerprint density at radius 1 is 1.35 bits per heavy atom. The van der Waals surface area contributed by atoms with Gasteiger partial charge < -0.3 is 5.32 Å². The van der Waals surface area contributed by atoms with Crippen LogP contribution in [0.2, 0.25) is 5.02 Å². The highest BCUT2D eigenvalue weighted by molar-refractivity contribution is 7.99. The van der Waals surface area contributed by atoms with Crippen molar-refractivity contribution in [1.82, 2.24) is 10.3 Å². The molecule has 1 heterocycles. The molecule has 0 saturated heterocycles. The fraction of sp³-hybridized carbons (Fsp3) is 0.267. The minimum absolute atomic E-state index is 0.0458. The number of pyridine rings is 1. The molecule has 20 heavy (non-hydrogen) atoms. The average molecular weight is 311 g/mol. The Morgan fingerprint density at radius 2 is 2.15 bits per heavy atom. The lowest BCUT2D eigenvalue weighted by Gasteiger charge is -2.18. The SMILES string of the molecule is CCNC(CSc1ccccc1Cl)c1cncc(F)c1. The Morgan fingerprint density at radius 3 is 2.85 bits per heavy atom. The first-order valence-corrected chi connectivity index (χ1v) is 7.78. The van der Waals surface area contributed by atoms with Crippen molar-refractivity contribution < 1.29 is 4.39 Å². The zero-order chi connectivity index (χ0) is 14.4. The second-order valence-corrected chi connectivity index (χ2v) is 5.76. The van der Waals surface area contributed by atoms with Gasteiger partial charge in [-0.05, 0) is 30.3 Å². The van der Waals surface area contributed by atoms with E-state index >= 15 is 0 Å². The molecule has 0 fully saturated rings. The molecule has 0 spiro atoms. The maximum absolute atomic E-state index is 13.3. The summed E-state index contributed by atoms with van der Waals surface area (Å²) in [6, 6.07) is 9.29. The van der Waals surface area contributed by atoms with Gasteiger partial charge in [-0.3, -0.25) is 4.98 Å². The monoisotopic (exact) mass is 310 g/mol. The van der Waals surface area contributed by atoms with Crippen LogP contribution in [0.15, 0.2) is 47.6 Å². The van der Waals surface area contributed by atoms with Crippen molar-refractivity contribution >= 4 is 23.4 Å². The third kappa shape index (κ3) is 4.20. The summed E-state index contributed by atoms with van der Waals surface area (Å²) in [6.45, 7) is 2.84. The minimum atomic E-state index is -0.312. The number of nitrogens with zero attached hydrogens (tertiary/aromatic N) is 1. The molecule has 1 aromatic carbocycles. The number of nitrogens with one attached hydrogen (secondary N) is 1. The molecule has 0 aliphatic carbocycles. The second-order valence-electron chi connectivity index (χ2n) is 4.29. The smallest absolute Gasteiger partial charge is 0.141 e. The summed E-state index contributed by atoms with van der Waals surface area (Å²) in [5, 5.41) is 4.09. The van der Waals surface area contributed by atoms with Gasteiger partial charge in [0, 0.05) is 22.9 Å². The Balaban J connectivity index is 2.08. The van der Waals surface area contributed by atoms with E-state index in [9.17, 15) is 4.39 Å². The van der Waals surface area contributed by atoms with E-state index in [-0.39, 0.29) is 11.9 Å². The molecule has 0 amide bonds. The maximum Gasteiger partial charge on any atom is 0.141 e. The van der Waals surface area contributed by atoms with Gasteiger partial charge in [0.2, 0.25) is 0 Å². The fourth-order valence-electron chi connectivity index (χ4n) is 1.87. The lowest BCUT2D eigenvalue weighted by molar-refractivity contribution is 0.582. The molecule has 0 aliphatic rings. The van der Waals surface area contributed by atoms with Crippen LogP contribution in [0.25, 0.3) is 0 Å². The van der Waals surface area contributed by atoms with E-state index < -0.39 is 0 Å². The lowest BCUT2D eigenvalue weighted by atomic mass is 10.1. The predicted octanol–water partition coefficient (Wildman–Crippen LogP) is 4.32. The molecular weight excluding hydrogens is 295 g/mol. The van der Waals surface area contributed by atoms with E-state index in [1.54, 1.807) is 18.0 Å². The average Bonchev–Trinajstić information content (AvgIpc) is 2.45. The van der Waals surface area contributed by atoms with E-state index in [0.717, 1.165) is 27.8 Å². The summed E-state index contributed by atoms with van der Waals surface area (Å²) in [6.07, 6.45) is 2.91. The molecule has 1 unspecified atom stereocenters. The number of halogens is 2. The van der Waals surface area contributed by atoms with Gasteiger partial charge in [-0.25, -0.2) is 4.39 Å². The van der Waals surface area contributed by atoms with Gasteiger partial charge in [-0.15, -0.1) is 11.8 Å². The van der Waals surface area contributed by atoms with Crippen LogP contribution >= 0.6 is 23.4 Å². The van der Waals surface area contributed by atoms with Crippen molar-refractivity contribution in [3.05, 3.63) is 59.1 Å². The summed E-state index contributed by atoms with van der Waals surface area (Å²) in [4.78, 5) is 4.94. The van der Waals surface area contributed by atoms with E-state index in [1.165, 1.54) is 12.3 Å². The molecule has 0 radical (unpaired) electrons. The van der Waals surface area contributed by atoms with Crippen molar-refractivity contribution in [2.75, 3.05) is 12.3 Å². The summed E-state index contributed by atoms with van der Waals surface area (Å²) in [5.74, 6) is 0.455. The highest BCUT2D eigenvalue weighted by Gasteiger charge is 2.13. The molecule has 1 N–H and O–H groups in total. The molecule has 106 valence electrons. The van der Waals surface area contributed by atoms with E-state index in [0.29, 0.717) is 0 Å².